The van der Waals surface area contributed by atoms with Crippen LogP contribution >= 0.6 is 0 Å². The Labute approximate surface area is 95.7 Å². The lowest BCUT2D eigenvalue weighted by atomic mass is 9.90. The van der Waals surface area contributed by atoms with Gasteiger partial charge in [0.15, 0.2) is 0 Å². The average molecular weight is 225 g/mol. The van der Waals surface area contributed by atoms with Crippen LogP contribution in [0.5, 0.6) is 0 Å². The zero-order chi connectivity index (χ0) is 11.6. The van der Waals surface area contributed by atoms with Crippen LogP contribution in [0, 0.1) is 0 Å². The van der Waals surface area contributed by atoms with Gasteiger partial charge in [0.25, 0.3) is 0 Å². The van der Waals surface area contributed by atoms with Gasteiger partial charge in [0, 0.05) is 18.9 Å². The van der Waals surface area contributed by atoms with Crippen LogP contribution in [0.25, 0.3) is 0 Å². The van der Waals surface area contributed by atoms with Crippen LogP contribution in [0.3, 0.4) is 0 Å². The molecule has 1 N–H and O–H groups in total. The molecule has 2 rings (SSSR count). The monoisotopic (exact) mass is 225 g/mol. The van der Waals surface area contributed by atoms with E-state index in [-0.39, 0.29) is 17.8 Å². The Bertz CT molecular complexity index is 303. The first-order chi connectivity index (χ1) is 7.66. The largest absolute Gasteiger partial charge is 0.464 e. The molecule has 2 fully saturated rings. The molecule has 2 bridgehead atoms. The van der Waals surface area contributed by atoms with Gasteiger partial charge in [-0.15, -0.1) is 0 Å². The van der Waals surface area contributed by atoms with Gasteiger partial charge in [-0.2, -0.15) is 0 Å². The number of hydrogen-bond acceptors (Lipinski definition) is 4. The summed E-state index contributed by atoms with van der Waals surface area (Å²) < 4.78 is 5.24. The topological polar surface area (TPSA) is 55.4 Å². The molecule has 2 aliphatic heterocycles. The van der Waals surface area contributed by atoms with E-state index in [0.717, 1.165) is 25.7 Å². The van der Waals surface area contributed by atoms with Crippen LogP contribution < -0.4 is 5.32 Å². The van der Waals surface area contributed by atoms with E-state index in [1.54, 1.807) is 0 Å². The molecule has 2 atom stereocenters. The van der Waals surface area contributed by atoms with Crippen LogP contribution in [-0.2, 0) is 14.3 Å². The minimum absolute atomic E-state index is 0.189. The van der Waals surface area contributed by atoms with Crippen molar-refractivity contribution in [2.24, 2.45) is 0 Å². The number of carbonyl (C=O) groups is 2. The number of ether oxygens (including phenoxy) is 1. The lowest BCUT2D eigenvalue weighted by Gasteiger charge is -2.31. The van der Waals surface area contributed by atoms with Crippen molar-refractivity contribution in [3.63, 3.8) is 0 Å². The first kappa shape index (κ1) is 11.6. The second kappa shape index (κ2) is 4.53. The van der Waals surface area contributed by atoms with Crippen molar-refractivity contribution in [1.29, 1.82) is 0 Å². The second-order valence-corrected chi connectivity index (χ2v) is 4.87. The molecule has 4 nitrogen and oxygen atoms in total. The highest BCUT2D eigenvalue weighted by Gasteiger charge is 2.51. The smallest absolute Gasteiger partial charge is 0.326 e. The number of unbranched alkanes of at least 4 members (excludes halogenated alkanes) is 1. The summed E-state index contributed by atoms with van der Waals surface area (Å²) >= 11 is 0. The Morgan fingerprint density at radius 1 is 1.62 bits per heavy atom. The van der Waals surface area contributed by atoms with Crippen molar-refractivity contribution in [3.05, 3.63) is 0 Å². The Morgan fingerprint density at radius 2 is 2.44 bits per heavy atom. The molecule has 2 saturated heterocycles. The molecule has 2 heterocycles. The summed E-state index contributed by atoms with van der Waals surface area (Å²) in [4.78, 5) is 23.5. The number of carbonyl (C=O) groups excluding carboxylic acids is 2. The van der Waals surface area contributed by atoms with Crippen molar-refractivity contribution in [1.82, 2.24) is 5.32 Å². The van der Waals surface area contributed by atoms with Gasteiger partial charge < -0.3 is 4.74 Å². The van der Waals surface area contributed by atoms with Gasteiger partial charge in [-0.3, -0.25) is 14.9 Å². The standard InChI is InChI=1S/C12H19NO3/c1-2-3-6-16-11(15)12-5-4-9(13-12)7-10(14)8-12/h9,13H,2-8H2,1H3. The van der Waals surface area contributed by atoms with Crippen molar-refractivity contribution in [3.8, 4) is 0 Å². The maximum Gasteiger partial charge on any atom is 0.326 e. The number of fused-ring (bicyclic) bond motifs is 2. The maximum atomic E-state index is 12.0. The number of nitrogens with one attached hydrogen (secondary N) is 1. The fourth-order valence-electron chi connectivity index (χ4n) is 2.61. The van der Waals surface area contributed by atoms with Crippen LogP contribution in [0.15, 0.2) is 0 Å². The third kappa shape index (κ3) is 2.12. The summed E-state index contributed by atoms with van der Waals surface area (Å²) in [6.07, 6.45) is 4.44. The van der Waals surface area contributed by atoms with Gasteiger partial charge >= 0.3 is 5.97 Å². The highest BCUT2D eigenvalue weighted by molar-refractivity contribution is 5.92. The van der Waals surface area contributed by atoms with Gasteiger partial charge in [-0.05, 0) is 19.3 Å². The lowest BCUT2D eigenvalue weighted by molar-refractivity contribution is -0.154. The first-order valence-corrected chi connectivity index (χ1v) is 6.13. The predicted molar refractivity (Wildman–Crippen MR) is 59.0 cm³/mol. The van der Waals surface area contributed by atoms with E-state index in [4.69, 9.17) is 4.74 Å². The molecule has 16 heavy (non-hydrogen) atoms. The maximum absolute atomic E-state index is 12.0. The molecule has 0 aromatic rings. The fourth-order valence-corrected chi connectivity index (χ4v) is 2.61. The highest BCUT2D eigenvalue weighted by atomic mass is 16.5. The highest BCUT2D eigenvalue weighted by Crippen LogP contribution is 2.34. The molecule has 0 spiro atoms. The molecule has 0 amide bonds. The summed E-state index contributed by atoms with van der Waals surface area (Å²) in [5.74, 6) is -0.0369. The summed E-state index contributed by atoms with van der Waals surface area (Å²) in [7, 11) is 0. The van der Waals surface area contributed by atoms with Crippen LogP contribution in [0.1, 0.15) is 45.4 Å². The van der Waals surface area contributed by atoms with E-state index >= 15 is 0 Å². The minimum Gasteiger partial charge on any atom is -0.464 e. The predicted octanol–water partition coefficient (Wildman–Crippen LogP) is 1.18. The quantitative estimate of drug-likeness (QED) is 0.576. The van der Waals surface area contributed by atoms with E-state index in [9.17, 15) is 9.59 Å². The SMILES string of the molecule is CCCCOC(=O)C12CCC(CC(=O)C1)N2. The number of Topliss-reactive ketones (excluding diaryl/α,β-unsaturated/α-hetero) is 1. The fraction of sp³-hybridized carbons (Fsp3) is 0.833. The third-order valence-corrected chi connectivity index (χ3v) is 3.49. The summed E-state index contributed by atoms with van der Waals surface area (Å²) in [6.45, 7) is 2.53. The second-order valence-electron chi connectivity index (χ2n) is 4.87. The third-order valence-electron chi connectivity index (χ3n) is 3.49. The number of rotatable bonds is 4. The number of piperidine rings is 1. The van der Waals surface area contributed by atoms with E-state index in [0.29, 0.717) is 19.4 Å². The van der Waals surface area contributed by atoms with E-state index in [2.05, 4.69) is 12.2 Å². The molecule has 0 saturated carbocycles. The number of ketones is 1. The van der Waals surface area contributed by atoms with Gasteiger partial charge in [0.05, 0.1) is 6.61 Å². The summed E-state index contributed by atoms with van der Waals surface area (Å²) in [6, 6.07) is 0.194. The molecule has 0 aliphatic carbocycles. The average Bonchev–Trinajstić information content (AvgIpc) is 2.56. The molecule has 2 unspecified atom stereocenters. The molecule has 2 aliphatic rings. The van der Waals surface area contributed by atoms with Crippen LogP contribution in [0.4, 0.5) is 0 Å². The van der Waals surface area contributed by atoms with E-state index in [1.807, 2.05) is 0 Å². The molecule has 0 aromatic carbocycles. The number of hydrogen-bond donors (Lipinski definition) is 1. The number of esters is 1. The van der Waals surface area contributed by atoms with Gasteiger partial charge in [0.1, 0.15) is 11.3 Å². The summed E-state index contributed by atoms with van der Waals surface area (Å²) in [5.41, 5.74) is -0.687. The van der Waals surface area contributed by atoms with Gasteiger partial charge in [-0.1, -0.05) is 13.3 Å². The molecular formula is C12H19NO3. The minimum atomic E-state index is -0.687. The molecule has 0 aromatic heterocycles. The van der Waals surface area contributed by atoms with Crippen LogP contribution in [0.2, 0.25) is 0 Å². The molecular weight excluding hydrogens is 206 g/mol. The molecule has 0 radical (unpaired) electrons. The Balaban J connectivity index is 1.96. The normalized spacial score (nSPS) is 32.8. The van der Waals surface area contributed by atoms with Crippen molar-refractivity contribution in [2.45, 2.75) is 57.0 Å². The van der Waals surface area contributed by atoms with E-state index < -0.39 is 5.54 Å². The van der Waals surface area contributed by atoms with Crippen molar-refractivity contribution < 1.29 is 14.3 Å². The Kier molecular flexibility index (Phi) is 3.28. The Morgan fingerprint density at radius 3 is 3.19 bits per heavy atom. The first-order valence-electron chi connectivity index (χ1n) is 6.13. The van der Waals surface area contributed by atoms with Crippen LogP contribution in [-0.4, -0.2) is 29.9 Å². The van der Waals surface area contributed by atoms with Crippen molar-refractivity contribution >= 4 is 11.8 Å². The molecule has 4 heteroatoms. The lowest BCUT2D eigenvalue weighted by Crippen LogP contribution is -2.55. The molecule has 90 valence electrons. The van der Waals surface area contributed by atoms with E-state index in [1.165, 1.54) is 0 Å². The Hall–Kier alpha value is -0.900. The van der Waals surface area contributed by atoms with Gasteiger partial charge in [-0.25, -0.2) is 0 Å². The zero-order valence-electron chi connectivity index (χ0n) is 9.75. The van der Waals surface area contributed by atoms with Crippen molar-refractivity contribution in [2.75, 3.05) is 6.61 Å². The summed E-state index contributed by atoms with van der Waals surface area (Å²) in [5, 5.41) is 3.27. The zero-order valence-corrected chi connectivity index (χ0v) is 9.75. The van der Waals surface area contributed by atoms with Gasteiger partial charge in [0.2, 0.25) is 0 Å².